The third kappa shape index (κ3) is 8.24. The van der Waals surface area contributed by atoms with Gasteiger partial charge >= 0.3 is 0 Å². The average molecular weight is 619 g/mol. The van der Waals surface area contributed by atoms with Crippen molar-refractivity contribution in [2.24, 2.45) is 0 Å². The van der Waals surface area contributed by atoms with E-state index in [0.717, 1.165) is 15.4 Å². The van der Waals surface area contributed by atoms with Crippen molar-refractivity contribution in [1.29, 1.82) is 0 Å². The van der Waals surface area contributed by atoms with Crippen LogP contribution in [0.15, 0.2) is 71.6 Å². The Morgan fingerprint density at radius 1 is 0.927 bits per heavy atom. The Morgan fingerprint density at radius 3 is 2.12 bits per heavy atom. The van der Waals surface area contributed by atoms with Gasteiger partial charge in [-0.1, -0.05) is 54.4 Å². The molecule has 0 saturated heterocycles. The Balaban J connectivity index is 2.11. The summed E-state index contributed by atoms with van der Waals surface area (Å²) in [5.74, 6) is -0.879. The first-order valence-corrected chi connectivity index (χ1v) is 15.5. The normalized spacial score (nSPS) is 12.5. The molecule has 220 valence electrons. The van der Waals surface area contributed by atoms with Gasteiger partial charge in [0.2, 0.25) is 11.8 Å². The first-order chi connectivity index (χ1) is 19.1. The lowest BCUT2D eigenvalue weighted by Gasteiger charge is -2.35. The van der Waals surface area contributed by atoms with Crippen molar-refractivity contribution in [2.45, 2.75) is 71.0 Å². The zero-order valence-electron chi connectivity index (χ0n) is 24.2. The zero-order chi connectivity index (χ0) is 30.5. The lowest BCUT2D eigenvalue weighted by molar-refractivity contribution is -0.141. The van der Waals surface area contributed by atoms with Crippen LogP contribution in [-0.2, 0) is 26.2 Å². The number of halogens is 2. The molecule has 0 aliphatic heterocycles. The van der Waals surface area contributed by atoms with Crippen LogP contribution in [0.5, 0.6) is 0 Å². The van der Waals surface area contributed by atoms with E-state index >= 15 is 0 Å². The lowest BCUT2D eigenvalue weighted by atomic mass is 10.1. The molecule has 0 saturated carbocycles. The van der Waals surface area contributed by atoms with Gasteiger partial charge in [-0.3, -0.25) is 13.9 Å². The predicted octanol–water partition coefficient (Wildman–Crippen LogP) is 6.53. The van der Waals surface area contributed by atoms with Crippen molar-refractivity contribution in [3.8, 4) is 0 Å². The smallest absolute Gasteiger partial charge is 0.264 e. The number of carbonyl (C=O) groups excluding carboxylic acids is 2. The van der Waals surface area contributed by atoms with Crippen molar-refractivity contribution in [3.05, 3.63) is 93.5 Å². The molecular formula is C31H37Cl2N3O4S. The number of nitrogens with one attached hydrogen (secondary N) is 1. The van der Waals surface area contributed by atoms with Crippen LogP contribution in [0.2, 0.25) is 10.0 Å². The Kier molecular flexibility index (Phi) is 10.5. The summed E-state index contributed by atoms with van der Waals surface area (Å²) in [4.78, 5) is 29.0. The summed E-state index contributed by atoms with van der Waals surface area (Å²) in [6.07, 6.45) is 0.311. The minimum absolute atomic E-state index is 0.0110. The van der Waals surface area contributed by atoms with Gasteiger partial charge in [0.25, 0.3) is 10.0 Å². The molecule has 0 aliphatic rings. The van der Waals surface area contributed by atoms with E-state index in [2.05, 4.69) is 5.32 Å². The van der Waals surface area contributed by atoms with Gasteiger partial charge in [-0.25, -0.2) is 8.42 Å². The van der Waals surface area contributed by atoms with E-state index in [9.17, 15) is 18.0 Å². The second kappa shape index (κ2) is 13.3. The molecule has 0 radical (unpaired) electrons. The van der Waals surface area contributed by atoms with Gasteiger partial charge in [-0.15, -0.1) is 0 Å². The molecule has 7 nitrogen and oxygen atoms in total. The summed E-state index contributed by atoms with van der Waals surface area (Å²) in [5.41, 5.74) is 2.29. The molecule has 2 amide bonds. The quantitative estimate of drug-likeness (QED) is 0.280. The molecule has 1 N–H and O–H groups in total. The highest BCUT2D eigenvalue weighted by molar-refractivity contribution is 7.92. The number of amides is 2. The number of nitrogens with zero attached hydrogens (tertiary/aromatic N) is 2. The third-order valence-electron chi connectivity index (χ3n) is 6.64. The van der Waals surface area contributed by atoms with Crippen molar-refractivity contribution in [3.63, 3.8) is 0 Å². The van der Waals surface area contributed by atoms with Crippen molar-refractivity contribution < 1.29 is 18.0 Å². The average Bonchev–Trinajstić information content (AvgIpc) is 2.89. The summed E-state index contributed by atoms with van der Waals surface area (Å²) >= 11 is 12.5. The van der Waals surface area contributed by atoms with E-state index < -0.39 is 34.1 Å². The lowest BCUT2D eigenvalue weighted by Crippen LogP contribution is -2.55. The van der Waals surface area contributed by atoms with E-state index in [1.165, 1.54) is 29.2 Å². The van der Waals surface area contributed by atoms with Crippen LogP contribution < -0.4 is 9.62 Å². The molecule has 3 rings (SSSR count). The highest BCUT2D eigenvalue weighted by Gasteiger charge is 2.35. The SMILES string of the molecule is CC[C@H](C(=O)NC(C)(C)C)N(Cc1ccccc1Cl)C(=O)CN(c1ccc(C)c(C)c1)S(=O)(=O)c1ccc(Cl)cc1. The minimum atomic E-state index is -4.19. The van der Waals surface area contributed by atoms with Gasteiger partial charge in [0.05, 0.1) is 10.6 Å². The molecule has 3 aromatic rings. The van der Waals surface area contributed by atoms with Gasteiger partial charge in [0, 0.05) is 22.1 Å². The number of benzene rings is 3. The summed E-state index contributed by atoms with van der Waals surface area (Å²) in [7, 11) is -4.19. The topological polar surface area (TPSA) is 86.8 Å². The maximum atomic E-state index is 14.2. The van der Waals surface area contributed by atoms with Crippen LogP contribution >= 0.6 is 23.2 Å². The Bertz CT molecular complexity index is 1500. The highest BCUT2D eigenvalue weighted by atomic mass is 35.5. The predicted molar refractivity (Wildman–Crippen MR) is 166 cm³/mol. The van der Waals surface area contributed by atoms with E-state index in [1.807, 2.05) is 47.6 Å². The molecule has 0 bridgehead atoms. The Morgan fingerprint density at radius 2 is 1.56 bits per heavy atom. The summed E-state index contributed by atoms with van der Waals surface area (Å²) in [5, 5.41) is 3.78. The van der Waals surface area contributed by atoms with Crippen molar-refractivity contribution in [2.75, 3.05) is 10.8 Å². The standard InChI is InChI=1S/C31H37Cl2N3O4S/c1-7-28(30(38)34-31(4,5)6)35(19-23-10-8-9-11-27(23)33)29(37)20-36(25-15-12-21(2)22(3)18-25)41(39,40)26-16-13-24(32)14-17-26/h8-18,28H,7,19-20H2,1-6H3,(H,34,38)/t28-/m1/s1. The molecule has 1 atom stereocenters. The number of sulfonamides is 1. The second-order valence-corrected chi connectivity index (χ2v) is 13.7. The van der Waals surface area contributed by atoms with Crippen molar-refractivity contribution >= 4 is 50.7 Å². The number of rotatable bonds is 10. The number of anilines is 1. The van der Waals surface area contributed by atoms with Crippen LogP contribution in [0, 0.1) is 13.8 Å². The molecule has 3 aromatic carbocycles. The van der Waals surface area contributed by atoms with Crippen molar-refractivity contribution in [1.82, 2.24) is 10.2 Å². The van der Waals surface area contributed by atoms with Crippen LogP contribution in [0.4, 0.5) is 5.69 Å². The summed E-state index contributed by atoms with van der Waals surface area (Å²) in [6.45, 7) is 10.7. The molecule has 0 fully saturated rings. The largest absolute Gasteiger partial charge is 0.350 e. The molecule has 41 heavy (non-hydrogen) atoms. The van der Waals surface area contributed by atoms with Gasteiger partial charge in [-0.2, -0.15) is 0 Å². The molecule has 0 spiro atoms. The highest BCUT2D eigenvalue weighted by Crippen LogP contribution is 2.28. The van der Waals surface area contributed by atoms with Gasteiger partial charge < -0.3 is 10.2 Å². The van der Waals surface area contributed by atoms with Gasteiger partial charge in [0.15, 0.2) is 0 Å². The summed E-state index contributed by atoms with van der Waals surface area (Å²) in [6, 6.07) is 17.2. The van der Waals surface area contributed by atoms with Crippen LogP contribution in [0.3, 0.4) is 0 Å². The fourth-order valence-electron chi connectivity index (χ4n) is 4.33. The van der Waals surface area contributed by atoms with E-state index in [0.29, 0.717) is 27.7 Å². The maximum absolute atomic E-state index is 14.2. The Labute approximate surface area is 253 Å². The molecule has 0 aliphatic carbocycles. The molecule has 0 aromatic heterocycles. The third-order valence-corrected chi connectivity index (χ3v) is 9.05. The van der Waals surface area contributed by atoms with Gasteiger partial charge in [-0.05, 0) is 100 Å². The molecule has 0 heterocycles. The van der Waals surface area contributed by atoms with E-state index in [-0.39, 0.29) is 17.3 Å². The maximum Gasteiger partial charge on any atom is 0.264 e. The zero-order valence-corrected chi connectivity index (χ0v) is 26.6. The van der Waals surface area contributed by atoms with Crippen LogP contribution in [0.1, 0.15) is 50.8 Å². The fraction of sp³-hybridized carbons (Fsp3) is 0.355. The van der Waals surface area contributed by atoms with Crippen LogP contribution in [-0.4, -0.2) is 43.3 Å². The second-order valence-electron chi connectivity index (χ2n) is 11.0. The first-order valence-electron chi connectivity index (χ1n) is 13.3. The number of hydrogen-bond acceptors (Lipinski definition) is 4. The number of aryl methyl sites for hydroxylation is 2. The fourth-order valence-corrected chi connectivity index (χ4v) is 6.05. The minimum Gasteiger partial charge on any atom is -0.350 e. The number of hydrogen-bond donors (Lipinski definition) is 1. The molecule has 10 heteroatoms. The van der Waals surface area contributed by atoms with Gasteiger partial charge in [0.1, 0.15) is 12.6 Å². The molecular weight excluding hydrogens is 581 g/mol. The van der Waals surface area contributed by atoms with E-state index in [4.69, 9.17) is 23.2 Å². The Hall–Kier alpha value is -3.07. The monoisotopic (exact) mass is 617 g/mol. The number of carbonyl (C=O) groups is 2. The first kappa shape index (κ1) is 32.4. The van der Waals surface area contributed by atoms with E-state index in [1.54, 1.807) is 36.4 Å². The van der Waals surface area contributed by atoms with Crippen LogP contribution in [0.25, 0.3) is 0 Å². The molecule has 0 unspecified atom stereocenters. The summed E-state index contributed by atoms with van der Waals surface area (Å²) < 4.78 is 29.0.